The van der Waals surface area contributed by atoms with Gasteiger partial charge in [-0.05, 0) is 0 Å². The van der Waals surface area contributed by atoms with Gasteiger partial charge < -0.3 is 0 Å². The van der Waals surface area contributed by atoms with Crippen LogP contribution in [-0.4, -0.2) is 64.1 Å². The van der Waals surface area contributed by atoms with E-state index in [1.54, 1.807) is 0 Å². The van der Waals surface area contributed by atoms with Crippen LogP contribution < -0.4 is 13.6 Å². The molecule has 6 nitrogen and oxygen atoms in total. The van der Waals surface area contributed by atoms with Gasteiger partial charge in [0.15, 0.2) is 0 Å². The molecule has 11 heteroatoms. The molecule has 0 aliphatic carbocycles. The second-order valence-electron chi connectivity index (χ2n) is 15.8. The minimum atomic E-state index is -2.80. The van der Waals surface area contributed by atoms with Gasteiger partial charge in [-0.1, -0.05) is 0 Å². The fraction of sp³-hybridized carbons (Fsp3) is 0.571. The molecule has 1 aliphatic heterocycles. The Morgan fingerprint density at radius 1 is 0.472 bits per heavy atom. The molecule has 2 atom stereocenters. The van der Waals surface area contributed by atoms with Gasteiger partial charge in [0.1, 0.15) is 0 Å². The molecule has 0 aromatic heterocycles. The molecule has 294 valence electrons. The Kier molecular flexibility index (Phi) is 15.9. The average molecular weight is 912 g/mol. The van der Waals surface area contributed by atoms with Crippen molar-refractivity contribution in [2.45, 2.75) is 139 Å². The fourth-order valence-corrected chi connectivity index (χ4v) is 29.2. The van der Waals surface area contributed by atoms with Crippen LogP contribution in [0.5, 0.6) is 17.2 Å². The molecule has 53 heavy (non-hydrogen) atoms. The molecule has 0 N–H and O–H groups in total. The van der Waals surface area contributed by atoms with Gasteiger partial charge in [0.05, 0.1) is 0 Å². The first kappa shape index (κ1) is 45.0. The number of rotatable bonds is 15. The van der Waals surface area contributed by atoms with Gasteiger partial charge in [-0.2, -0.15) is 0 Å². The standard InChI is InChI=1S/C42H66N3O3P3Se2/c1-16-43-49(46-40-34(28(4)5)22-19-23-35(40)29(6)7)44(17-2)51(53,48-42-38(32(12)13)26-21-27-39(42)33(14)15)45(18-3)50(43,52)47-41-36(30(8)9)24-20-25-37(41)31(10)11/h19-33H,16-18H2,1-15H3. The van der Waals surface area contributed by atoms with Crippen molar-refractivity contribution in [1.82, 2.24) is 13.3 Å². The zero-order chi connectivity index (χ0) is 39.6. The number of para-hydroxylation sites is 3. The monoisotopic (exact) mass is 913 g/mol. The second-order valence-corrected chi connectivity index (χ2v) is 28.6. The molecule has 3 aromatic carbocycles. The van der Waals surface area contributed by atoms with Crippen LogP contribution in [0.4, 0.5) is 0 Å². The normalized spacial score (nSPS) is 21.9. The molecular weight excluding hydrogens is 845 g/mol. The number of hydrogen-bond acceptors (Lipinski definition) is 6. The van der Waals surface area contributed by atoms with Crippen LogP contribution in [0.25, 0.3) is 0 Å². The van der Waals surface area contributed by atoms with Gasteiger partial charge >= 0.3 is 344 Å². The summed E-state index contributed by atoms with van der Waals surface area (Å²) in [5.41, 5.74) is 7.38. The van der Waals surface area contributed by atoms with Gasteiger partial charge in [-0.3, -0.25) is 0 Å². The quantitative estimate of drug-likeness (QED) is 0.112. The molecule has 0 radical (unpaired) electrons. The summed E-state index contributed by atoms with van der Waals surface area (Å²) in [5.74, 6) is 4.73. The molecule has 4 rings (SSSR count). The molecule has 0 saturated carbocycles. The second kappa shape index (κ2) is 18.7. The van der Waals surface area contributed by atoms with E-state index in [2.05, 4.69) is 203 Å². The SMILES string of the molecule is CCN1P(Oc2c(C(C)C)cccc2C(C)C)N(CC)[P+]([Se-])(Oc2c(C(C)C)cccc2C(C)C)N(CC)[P+]1([Se-])Oc1c(C(C)C)cccc1C(C)C. The van der Waals surface area contributed by atoms with Crippen molar-refractivity contribution in [3.8, 4) is 17.2 Å². The Balaban J connectivity index is 2.11. The van der Waals surface area contributed by atoms with E-state index >= 15 is 0 Å². The molecule has 1 aliphatic rings. The predicted octanol–water partition coefficient (Wildman–Crippen LogP) is 13.9. The molecule has 1 saturated heterocycles. The third-order valence-corrected chi connectivity index (χ3v) is 29.0. The van der Waals surface area contributed by atoms with Crippen LogP contribution >= 0.6 is 21.4 Å². The zero-order valence-electron chi connectivity index (χ0n) is 35.0. The summed E-state index contributed by atoms with van der Waals surface area (Å²) >= 11 is 7.61. The van der Waals surface area contributed by atoms with E-state index in [1.807, 2.05) is 0 Å². The molecule has 0 bridgehead atoms. The van der Waals surface area contributed by atoms with Crippen molar-refractivity contribution < 1.29 is 13.6 Å². The number of benzene rings is 3. The summed E-state index contributed by atoms with van der Waals surface area (Å²) in [6.07, 6.45) is 0. The molecule has 1 heterocycles. The summed E-state index contributed by atoms with van der Waals surface area (Å²) in [4.78, 5) is 0. The molecule has 0 spiro atoms. The van der Waals surface area contributed by atoms with Gasteiger partial charge in [0.25, 0.3) is 0 Å². The summed E-state index contributed by atoms with van der Waals surface area (Å²) in [7, 11) is -1.45. The van der Waals surface area contributed by atoms with E-state index in [-0.39, 0.29) is 23.7 Å². The molecule has 1 fully saturated rings. The van der Waals surface area contributed by atoms with Crippen LogP contribution in [-0.2, 0) is 0 Å². The molecular formula is C42H66N3O3P3Se2. The fourth-order valence-electron chi connectivity index (χ4n) is 7.02. The van der Waals surface area contributed by atoms with E-state index in [4.69, 9.17) is 13.6 Å². The number of nitrogens with zero attached hydrogens (tertiary/aromatic N) is 3. The summed E-state index contributed by atoms with van der Waals surface area (Å²) in [6.45, 7) is 30.5. The Morgan fingerprint density at radius 2 is 0.736 bits per heavy atom. The Labute approximate surface area is 341 Å². The first-order valence-corrected chi connectivity index (χ1v) is 28.5. The van der Waals surface area contributed by atoms with E-state index in [0.717, 1.165) is 36.9 Å². The maximum absolute atomic E-state index is 7.78. The Hall–Kier alpha value is -0.731. The van der Waals surface area contributed by atoms with Gasteiger partial charge in [0, 0.05) is 0 Å². The number of hydrogen-bond donors (Lipinski definition) is 0. The van der Waals surface area contributed by atoms with E-state index in [1.165, 1.54) is 33.4 Å². The van der Waals surface area contributed by atoms with Crippen molar-refractivity contribution in [3.63, 3.8) is 0 Å². The Morgan fingerprint density at radius 3 is 0.962 bits per heavy atom. The van der Waals surface area contributed by atoms with Gasteiger partial charge in [-0.15, -0.1) is 0 Å². The first-order valence-electron chi connectivity index (χ1n) is 19.7. The van der Waals surface area contributed by atoms with E-state index in [9.17, 15) is 0 Å². The summed E-state index contributed by atoms with van der Waals surface area (Å²) in [6, 6.07) is 20.0. The van der Waals surface area contributed by atoms with Crippen LogP contribution in [0.2, 0.25) is 0 Å². The maximum atomic E-state index is 7.78. The molecule has 2 unspecified atom stereocenters. The van der Waals surface area contributed by atoms with Crippen molar-refractivity contribution >= 4 is 52.6 Å². The van der Waals surface area contributed by atoms with E-state index in [0.29, 0.717) is 11.8 Å². The zero-order valence-corrected chi connectivity index (χ0v) is 41.1. The van der Waals surface area contributed by atoms with Crippen LogP contribution in [0.1, 0.15) is 173 Å². The van der Waals surface area contributed by atoms with Crippen LogP contribution in [0.3, 0.4) is 0 Å². The summed E-state index contributed by atoms with van der Waals surface area (Å²) in [5, 5.41) is 0. The topological polar surface area (TPSA) is 37.4 Å². The first-order chi connectivity index (χ1) is 24.9. The third-order valence-electron chi connectivity index (χ3n) is 9.96. The van der Waals surface area contributed by atoms with Crippen molar-refractivity contribution in [2.24, 2.45) is 0 Å². The van der Waals surface area contributed by atoms with Gasteiger partial charge in [0.2, 0.25) is 0 Å². The predicted molar refractivity (Wildman–Crippen MR) is 235 cm³/mol. The van der Waals surface area contributed by atoms with Crippen molar-refractivity contribution in [2.75, 3.05) is 19.6 Å². The van der Waals surface area contributed by atoms with Crippen molar-refractivity contribution in [3.05, 3.63) is 88.0 Å². The van der Waals surface area contributed by atoms with Crippen LogP contribution in [0, 0.1) is 0 Å². The van der Waals surface area contributed by atoms with Gasteiger partial charge in [-0.25, -0.2) is 0 Å². The summed E-state index contributed by atoms with van der Waals surface area (Å²) < 4.78 is 30.9. The molecule has 3 aromatic rings. The average Bonchev–Trinajstić information content (AvgIpc) is 3.08. The minimum absolute atomic E-state index is 0.289. The third kappa shape index (κ3) is 9.05. The van der Waals surface area contributed by atoms with Crippen LogP contribution in [0.15, 0.2) is 54.6 Å². The van der Waals surface area contributed by atoms with E-state index < -0.39 is 21.4 Å². The Bertz CT molecular complexity index is 1520. The van der Waals surface area contributed by atoms with Crippen molar-refractivity contribution in [1.29, 1.82) is 0 Å². The molecule has 0 amide bonds.